The number of carbonyl (C=O) groups is 2. The zero-order chi connectivity index (χ0) is 25.3. The van der Waals surface area contributed by atoms with Gasteiger partial charge in [-0.05, 0) is 48.6 Å². The van der Waals surface area contributed by atoms with E-state index in [0.717, 1.165) is 4.31 Å². The molecule has 4 rings (SSSR count). The Kier molecular flexibility index (Phi) is 6.88. The molecule has 0 spiro atoms. The van der Waals surface area contributed by atoms with Crippen LogP contribution in [0.5, 0.6) is 0 Å². The number of aromatic nitrogens is 2. The number of carbonyl (C=O) groups excluding carboxylic acids is 1. The third-order valence-corrected chi connectivity index (χ3v) is 7.90. The van der Waals surface area contributed by atoms with E-state index < -0.39 is 33.8 Å². The highest BCUT2D eigenvalue weighted by Crippen LogP contribution is 2.32. The van der Waals surface area contributed by atoms with Crippen molar-refractivity contribution in [3.63, 3.8) is 0 Å². The van der Waals surface area contributed by atoms with Crippen molar-refractivity contribution in [3.05, 3.63) is 76.6 Å². The zero-order valence-electron chi connectivity index (χ0n) is 18.3. The van der Waals surface area contributed by atoms with Crippen LogP contribution in [0.1, 0.15) is 16.8 Å². The lowest BCUT2D eigenvalue weighted by Gasteiger charge is -2.28. The Bertz CT molecular complexity index is 1500. The predicted octanol–water partition coefficient (Wildman–Crippen LogP) is 4.05. The van der Waals surface area contributed by atoms with Crippen LogP contribution in [-0.2, 0) is 19.6 Å². The predicted molar refractivity (Wildman–Crippen MR) is 133 cm³/mol. The van der Waals surface area contributed by atoms with Crippen LogP contribution in [0.25, 0.3) is 16.7 Å². The maximum atomic E-state index is 13.4. The number of pyridine rings is 1. The topological polar surface area (TPSA) is 119 Å². The number of halogens is 2. The number of aliphatic carboxylic acids is 1. The molecule has 0 amide bonds. The van der Waals surface area contributed by atoms with Crippen molar-refractivity contribution in [1.29, 1.82) is 0 Å². The Labute approximate surface area is 210 Å². The van der Waals surface area contributed by atoms with Crippen molar-refractivity contribution >= 4 is 61.8 Å². The van der Waals surface area contributed by atoms with E-state index in [1.165, 1.54) is 37.6 Å². The van der Waals surface area contributed by atoms with Gasteiger partial charge in [0.05, 0.1) is 23.9 Å². The fourth-order valence-corrected chi connectivity index (χ4v) is 6.29. The number of sulfonamides is 1. The zero-order valence-corrected chi connectivity index (χ0v) is 20.6. The van der Waals surface area contributed by atoms with Gasteiger partial charge in [-0.2, -0.15) is 0 Å². The van der Waals surface area contributed by atoms with Crippen molar-refractivity contribution in [2.24, 2.45) is 0 Å². The van der Waals surface area contributed by atoms with E-state index in [1.807, 2.05) is 0 Å². The van der Waals surface area contributed by atoms with E-state index in [2.05, 4.69) is 4.98 Å². The first-order valence-electron chi connectivity index (χ1n) is 10.2. The van der Waals surface area contributed by atoms with Crippen LogP contribution in [0, 0.1) is 0 Å². The molecule has 0 saturated carbocycles. The molecule has 3 aromatic rings. The average molecular weight is 536 g/mol. The first kappa shape index (κ1) is 24.8. The van der Waals surface area contributed by atoms with Gasteiger partial charge < -0.3 is 14.4 Å². The fourth-order valence-electron chi connectivity index (χ4n) is 3.77. The molecular weight excluding hydrogens is 517 g/mol. The van der Waals surface area contributed by atoms with Gasteiger partial charge in [-0.25, -0.2) is 18.2 Å². The summed E-state index contributed by atoms with van der Waals surface area (Å²) in [5.41, 5.74) is 1.16. The molecule has 1 aromatic carbocycles. The first-order valence-corrected chi connectivity index (χ1v) is 12.5. The smallest absolute Gasteiger partial charge is 0.338 e. The molecule has 1 atom stereocenters. The van der Waals surface area contributed by atoms with Crippen LogP contribution in [0.3, 0.4) is 0 Å². The molecule has 1 unspecified atom stereocenters. The highest BCUT2D eigenvalue weighted by Gasteiger charge is 2.34. The van der Waals surface area contributed by atoms with Crippen molar-refractivity contribution < 1.29 is 27.9 Å². The molecule has 12 heteroatoms. The van der Waals surface area contributed by atoms with Crippen molar-refractivity contribution in [3.8, 4) is 5.82 Å². The molecule has 0 bridgehead atoms. The number of methoxy groups -OCH3 is 1. The maximum absolute atomic E-state index is 13.4. The van der Waals surface area contributed by atoms with Gasteiger partial charge in [-0.1, -0.05) is 23.2 Å². The lowest BCUT2D eigenvalue weighted by atomic mass is 10.2. The minimum Gasteiger partial charge on any atom is -0.480 e. The maximum Gasteiger partial charge on any atom is 0.338 e. The number of hydrogen-bond acceptors (Lipinski definition) is 6. The highest BCUT2D eigenvalue weighted by molar-refractivity contribution is 7.93. The number of rotatable bonds is 7. The lowest BCUT2D eigenvalue weighted by molar-refractivity contribution is -0.135. The number of ether oxygens (including phenoxy) is 1. The Hall–Kier alpha value is -3.34. The molecule has 0 radical (unpaired) electrons. The highest BCUT2D eigenvalue weighted by atomic mass is 35.5. The van der Waals surface area contributed by atoms with Crippen LogP contribution in [0.2, 0.25) is 0 Å². The van der Waals surface area contributed by atoms with Crippen molar-refractivity contribution in [2.75, 3.05) is 18.0 Å². The second-order valence-corrected chi connectivity index (χ2v) is 10.7. The second kappa shape index (κ2) is 9.73. The van der Waals surface area contributed by atoms with Gasteiger partial charge in [-0.3, -0.25) is 9.10 Å². The van der Waals surface area contributed by atoms with Crippen LogP contribution < -0.4 is 4.31 Å². The van der Waals surface area contributed by atoms with Gasteiger partial charge >= 0.3 is 11.9 Å². The molecule has 182 valence electrons. The summed E-state index contributed by atoms with van der Waals surface area (Å²) < 4.78 is 34.1. The summed E-state index contributed by atoms with van der Waals surface area (Å²) in [7, 11) is -2.89. The number of hydrogen-bond donors (Lipinski definition) is 1. The molecule has 0 fully saturated rings. The van der Waals surface area contributed by atoms with E-state index in [9.17, 15) is 23.1 Å². The fraction of sp³-hybridized carbons (Fsp3) is 0.174. The molecule has 35 heavy (non-hydrogen) atoms. The molecule has 1 aliphatic rings. The summed E-state index contributed by atoms with van der Waals surface area (Å²) in [5.74, 6) is -1.37. The largest absolute Gasteiger partial charge is 0.480 e. The van der Waals surface area contributed by atoms with Crippen molar-refractivity contribution in [2.45, 2.75) is 11.7 Å². The molecule has 1 N–H and O–H groups in total. The molecule has 2 aromatic heterocycles. The Morgan fingerprint density at radius 1 is 1.23 bits per heavy atom. The first-order chi connectivity index (χ1) is 16.6. The molecule has 9 nitrogen and oxygen atoms in total. The van der Waals surface area contributed by atoms with Crippen LogP contribution in [0.15, 0.2) is 71.0 Å². The summed E-state index contributed by atoms with van der Waals surface area (Å²) in [6, 6.07) is 9.56. The van der Waals surface area contributed by atoms with Gasteiger partial charge in [0.1, 0.15) is 17.6 Å². The van der Waals surface area contributed by atoms with Gasteiger partial charge in [-0.15, -0.1) is 0 Å². The molecule has 2 heterocycles. The van der Waals surface area contributed by atoms with Gasteiger partial charge in [0.25, 0.3) is 0 Å². The molecule has 1 aliphatic carbocycles. The minimum absolute atomic E-state index is 0.0168. The monoisotopic (exact) mass is 535 g/mol. The Morgan fingerprint density at radius 2 is 2.00 bits per heavy atom. The standard InChI is InChI=1S/C23H19Cl2N3O6S/c1-34-23(31)15-4-6-26-21(9-15)27-7-5-14-8-18(2-3-20(14)27)28(13-22(29)30)35(32,33)19-11-16(24)10-17(25)12-19/h2-11,19H,12-13H2,1H3,(H,29,30). The quantitative estimate of drug-likeness (QED) is 0.453. The lowest BCUT2D eigenvalue weighted by Crippen LogP contribution is -2.41. The van der Waals surface area contributed by atoms with Gasteiger partial charge in [0.2, 0.25) is 10.0 Å². The molecule has 0 aliphatic heterocycles. The van der Waals surface area contributed by atoms with Gasteiger partial charge in [0, 0.05) is 34.3 Å². The van der Waals surface area contributed by atoms with Gasteiger partial charge in [0.15, 0.2) is 0 Å². The number of carboxylic acids is 1. The average Bonchev–Trinajstić information content (AvgIpc) is 3.24. The summed E-state index contributed by atoms with van der Waals surface area (Å²) >= 11 is 12.1. The number of esters is 1. The van der Waals surface area contributed by atoms with Crippen LogP contribution in [0.4, 0.5) is 5.69 Å². The Balaban J connectivity index is 1.75. The van der Waals surface area contributed by atoms with Crippen molar-refractivity contribution in [1.82, 2.24) is 9.55 Å². The summed E-state index contributed by atoms with van der Waals surface area (Å²) in [4.78, 5) is 27.7. The minimum atomic E-state index is -4.17. The van der Waals surface area contributed by atoms with E-state index >= 15 is 0 Å². The van der Waals surface area contributed by atoms with E-state index in [4.69, 9.17) is 27.9 Å². The SMILES string of the molecule is COC(=O)c1ccnc(-n2ccc3cc(N(CC(=O)O)S(=O)(=O)C4C=C(Cl)C=C(Cl)C4)ccc32)c1. The number of nitrogens with zero attached hydrogens (tertiary/aromatic N) is 3. The third kappa shape index (κ3) is 5.04. The molecule has 0 saturated heterocycles. The summed E-state index contributed by atoms with van der Waals surface area (Å²) in [6.45, 7) is -0.777. The number of benzene rings is 1. The van der Waals surface area contributed by atoms with E-state index in [-0.39, 0.29) is 22.2 Å². The normalized spacial score (nSPS) is 15.9. The third-order valence-electron chi connectivity index (χ3n) is 5.38. The second-order valence-electron chi connectivity index (χ2n) is 7.65. The number of carboxylic acid groups (broad SMARTS) is 1. The molecular formula is C23H19Cl2N3O6S. The number of fused-ring (bicyclic) bond motifs is 1. The van der Waals surface area contributed by atoms with E-state index in [0.29, 0.717) is 22.3 Å². The Morgan fingerprint density at radius 3 is 2.69 bits per heavy atom. The number of anilines is 1. The van der Waals surface area contributed by atoms with Crippen LogP contribution in [-0.4, -0.2) is 53.9 Å². The summed E-state index contributed by atoms with van der Waals surface area (Å²) in [5, 5.41) is 9.38. The van der Waals surface area contributed by atoms with Crippen LogP contribution >= 0.6 is 23.2 Å². The van der Waals surface area contributed by atoms with E-state index in [1.54, 1.807) is 35.0 Å². The number of allylic oxidation sites excluding steroid dienone is 3. The summed E-state index contributed by atoms with van der Waals surface area (Å²) in [6.07, 6.45) is 5.96.